The average molecular weight is 281 g/mol. The highest BCUT2D eigenvalue weighted by Crippen LogP contribution is 2.17. The van der Waals surface area contributed by atoms with E-state index in [-0.39, 0.29) is 0 Å². The van der Waals surface area contributed by atoms with Gasteiger partial charge in [0.1, 0.15) is 0 Å². The van der Waals surface area contributed by atoms with Crippen molar-refractivity contribution in [1.82, 2.24) is 4.72 Å². The molecule has 0 aliphatic carbocycles. The third-order valence-corrected chi connectivity index (χ3v) is 4.95. The fourth-order valence-corrected chi connectivity index (χ4v) is 3.66. The van der Waals surface area contributed by atoms with Gasteiger partial charge in [-0.25, -0.2) is 13.1 Å². The number of rotatable bonds is 4. The van der Waals surface area contributed by atoms with E-state index in [1.165, 1.54) is 0 Å². The van der Waals surface area contributed by atoms with Crippen molar-refractivity contribution in [2.24, 2.45) is 0 Å². The first-order chi connectivity index (χ1) is 8.49. The van der Waals surface area contributed by atoms with Crippen molar-refractivity contribution in [2.45, 2.75) is 25.3 Å². The molecule has 0 fully saturated rings. The van der Waals surface area contributed by atoms with Crippen LogP contribution in [0.25, 0.3) is 0 Å². The number of benzene rings is 1. The zero-order valence-electron chi connectivity index (χ0n) is 10.3. The monoisotopic (exact) mass is 281 g/mol. The SMILES string of the molecule is Cc1ccc(C)c(S(=O)(=O)NCc2ccsc2)c1. The smallest absolute Gasteiger partial charge is 0.207 e. The number of aryl methyl sites for hydroxylation is 2. The molecule has 0 atom stereocenters. The third-order valence-electron chi connectivity index (χ3n) is 2.68. The van der Waals surface area contributed by atoms with E-state index in [0.717, 1.165) is 16.7 Å². The summed E-state index contributed by atoms with van der Waals surface area (Å²) in [5.41, 5.74) is 2.68. The van der Waals surface area contributed by atoms with Gasteiger partial charge in [0, 0.05) is 6.54 Å². The van der Waals surface area contributed by atoms with Crippen molar-refractivity contribution in [3.63, 3.8) is 0 Å². The lowest BCUT2D eigenvalue weighted by Gasteiger charge is -2.09. The molecular formula is C13H15NO2S2. The first-order valence-corrected chi connectivity index (χ1v) is 7.99. The molecule has 1 heterocycles. The average Bonchev–Trinajstić information content (AvgIpc) is 2.83. The van der Waals surface area contributed by atoms with Crippen LogP contribution in [0.2, 0.25) is 0 Å². The molecule has 0 aliphatic heterocycles. The molecule has 5 heteroatoms. The van der Waals surface area contributed by atoms with Crippen LogP contribution in [0.4, 0.5) is 0 Å². The number of nitrogens with one attached hydrogen (secondary N) is 1. The van der Waals surface area contributed by atoms with Gasteiger partial charge in [0.2, 0.25) is 10.0 Å². The molecule has 18 heavy (non-hydrogen) atoms. The number of hydrogen-bond donors (Lipinski definition) is 1. The summed E-state index contributed by atoms with van der Waals surface area (Å²) < 4.78 is 27.0. The molecule has 0 unspecified atom stereocenters. The van der Waals surface area contributed by atoms with E-state index in [9.17, 15) is 8.42 Å². The Morgan fingerprint density at radius 1 is 1.22 bits per heavy atom. The summed E-state index contributed by atoms with van der Waals surface area (Å²) in [6.45, 7) is 4.02. The van der Waals surface area contributed by atoms with Gasteiger partial charge in [-0.05, 0) is 53.4 Å². The van der Waals surface area contributed by atoms with Crippen LogP contribution in [0.5, 0.6) is 0 Å². The van der Waals surface area contributed by atoms with Crippen LogP contribution in [-0.2, 0) is 16.6 Å². The summed E-state index contributed by atoms with van der Waals surface area (Å²) in [6, 6.07) is 7.35. The van der Waals surface area contributed by atoms with Crippen LogP contribution in [0.15, 0.2) is 39.9 Å². The number of thiophene rings is 1. The van der Waals surface area contributed by atoms with E-state index in [4.69, 9.17) is 0 Å². The Hall–Kier alpha value is -1.17. The van der Waals surface area contributed by atoms with Gasteiger partial charge in [0.25, 0.3) is 0 Å². The Bertz CT molecular complexity index is 631. The van der Waals surface area contributed by atoms with Crippen LogP contribution < -0.4 is 4.72 Å². The molecule has 0 aliphatic rings. The molecule has 0 amide bonds. The fourth-order valence-electron chi connectivity index (χ4n) is 1.65. The number of sulfonamides is 1. The second-order valence-corrected chi connectivity index (χ2v) is 6.74. The predicted molar refractivity (Wildman–Crippen MR) is 74.3 cm³/mol. The molecule has 0 spiro atoms. The van der Waals surface area contributed by atoms with Gasteiger partial charge in [-0.1, -0.05) is 12.1 Å². The molecule has 1 aromatic heterocycles. The minimum absolute atomic E-state index is 0.333. The predicted octanol–water partition coefficient (Wildman–Crippen LogP) is 2.84. The van der Waals surface area contributed by atoms with Crippen molar-refractivity contribution in [1.29, 1.82) is 0 Å². The molecule has 0 saturated carbocycles. The van der Waals surface area contributed by atoms with Crippen LogP contribution in [0.1, 0.15) is 16.7 Å². The normalized spacial score (nSPS) is 11.7. The maximum Gasteiger partial charge on any atom is 0.241 e. The van der Waals surface area contributed by atoms with E-state index in [2.05, 4.69) is 4.72 Å². The maximum absolute atomic E-state index is 12.2. The van der Waals surface area contributed by atoms with E-state index in [0.29, 0.717) is 11.4 Å². The van der Waals surface area contributed by atoms with Crippen LogP contribution in [-0.4, -0.2) is 8.42 Å². The van der Waals surface area contributed by atoms with Gasteiger partial charge in [-0.15, -0.1) is 0 Å². The Labute approximate surface area is 112 Å². The minimum Gasteiger partial charge on any atom is -0.207 e. The topological polar surface area (TPSA) is 46.2 Å². The lowest BCUT2D eigenvalue weighted by molar-refractivity contribution is 0.580. The maximum atomic E-state index is 12.2. The zero-order valence-corrected chi connectivity index (χ0v) is 11.9. The molecule has 2 rings (SSSR count). The second-order valence-electron chi connectivity index (χ2n) is 4.23. The Morgan fingerprint density at radius 3 is 2.67 bits per heavy atom. The molecular weight excluding hydrogens is 266 g/mol. The summed E-state index contributed by atoms with van der Waals surface area (Å²) in [4.78, 5) is 0.359. The summed E-state index contributed by atoms with van der Waals surface area (Å²) in [6.07, 6.45) is 0. The second kappa shape index (κ2) is 5.22. The van der Waals surface area contributed by atoms with Gasteiger partial charge in [-0.2, -0.15) is 11.3 Å². The van der Waals surface area contributed by atoms with Gasteiger partial charge < -0.3 is 0 Å². The zero-order chi connectivity index (χ0) is 13.2. The van der Waals surface area contributed by atoms with Crippen molar-refractivity contribution < 1.29 is 8.42 Å². The molecule has 96 valence electrons. The first kappa shape index (κ1) is 13.3. The molecule has 0 bridgehead atoms. The molecule has 0 saturated heterocycles. The standard InChI is InChI=1S/C13H15NO2S2/c1-10-3-4-11(2)13(7-10)18(15,16)14-8-12-5-6-17-9-12/h3-7,9,14H,8H2,1-2H3. The highest BCUT2D eigenvalue weighted by atomic mass is 32.2. The van der Waals surface area contributed by atoms with Crippen molar-refractivity contribution in [3.8, 4) is 0 Å². The largest absolute Gasteiger partial charge is 0.241 e. The number of hydrogen-bond acceptors (Lipinski definition) is 3. The lowest BCUT2D eigenvalue weighted by atomic mass is 10.2. The van der Waals surface area contributed by atoms with E-state index >= 15 is 0 Å². The molecule has 0 radical (unpaired) electrons. The molecule has 2 aromatic rings. The lowest BCUT2D eigenvalue weighted by Crippen LogP contribution is -2.23. The Morgan fingerprint density at radius 2 is 2.00 bits per heavy atom. The summed E-state index contributed by atoms with van der Waals surface area (Å²) in [5, 5.41) is 3.87. The first-order valence-electron chi connectivity index (χ1n) is 5.57. The summed E-state index contributed by atoms with van der Waals surface area (Å²) in [7, 11) is -3.43. The van der Waals surface area contributed by atoms with E-state index < -0.39 is 10.0 Å². The van der Waals surface area contributed by atoms with Gasteiger partial charge in [0.15, 0.2) is 0 Å². The highest BCUT2D eigenvalue weighted by molar-refractivity contribution is 7.89. The van der Waals surface area contributed by atoms with Crippen molar-refractivity contribution in [3.05, 3.63) is 51.7 Å². The quantitative estimate of drug-likeness (QED) is 0.936. The van der Waals surface area contributed by atoms with Gasteiger partial charge >= 0.3 is 0 Å². The minimum atomic E-state index is -3.43. The van der Waals surface area contributed by atoms with Crippen LogP contribution in [0, 0.1) is 13.8 Å². The summed E-state index contributed by atoms with van der Waals surface area (Å²) >= 11 is 1.56. The van der Waals surface area contributed by atoms with E-state index in [1.807, 2.05) is 35.9 Å². The molecule has 1 aromatic carbocycles. The van der Waals surface area contributed by atoms with Gasteiger partial charge in [-0.3, -0.25) is 0 Å². The van der Waals surface area contributed by atoms with Crippen molar-refractivity contribution >= 4 is 21.4 Å². The molecule has 1 N–H and O–H groups in total. The third kappa shape index (κ3) is 2.98. The Kier molecular flexibility index (Phi) is 3.85. The van der Waals surface area contributed by atoms with E-state index in [1.54, 1.807) is 24.3 Å². The fraction of sp³-hybridized carbons (Fsp3) is 0.231. The molecule has 3 nitrogen and oxygen atoms in total. The van der Waals surface area contributed by atoms with Crippen LogP contribution in [0.3, 0.4) is 0 Å². The van der Waals surface area contributed by atoms with Crippen LogP contribution >= 0.6 is 11.3 Å². The summed E-state index contributed by atoms with van der Waals surface area (Å²) in [5.74, 6) is 0. The highest BCUT2D eigenvalue weighted by Gasteiger charge is 2.16. The van der Waals surface area contributed by atoms with Gasteiger partial charge in [0.05, 0.1) is 4.90 Å². The van der Waals surface area contributed by atoms with Crippen molar-refractivity contribution in [2.75, 3.05) is 0 Å². The Balaban J connectivity index is 2.22.